The van der Waals surface area contributed by atoms with Crippen LogP contribution in [0, 0.1) is 0 Å². The summed E-state index contributed by atoms with van der Waals surface area (Å²) in [5.74, 6) is -0.849. The van der Waals surface area contributed by atoms with Crippen molar-refractivity contribution in [2.24, 2.45) is 5.73 Å². The molecule has 0 rings (SSSR count). The molecule has 0 radical (unpaired) electrons. The topological polar surface area (TPSA) is 134 Å². The van der Waals surface area contributed by atoms with Gasteiger partial charge in [-0.25, -0.2) is 4.57 Å². The molecule has 0 bridgehead atoms. The standard InChI is InChI=1S/C57H98NO8P/c1-3-5-7-9-11-13-15-17-19-21-22-23-24-25-26-27-28-29-30-31-32-34-36-38-40-42-44-46-48-50-57(60)66-55(54-65-67(61,62)64-52-51-58)53-63-56(59)49-47-45-43-41-39-37-35-33-20-18-16-14-12-10-8-6-4-2/h5,7,11,13,17-20,22-23,25-26,28-29,31-32,55H,3-4,6,8-10,12,14-16,21,24,27,30,33-54,58H2,1-2H3,(H,61,62)/b7-5-,13-11-,19-17-,20-18-,23-22-,26-25-,29-28-,32-31-. The molecule has 0 amide bonds. The third-order valence-corrected chi connectivity index (χ3v) is 11.9. The fourth-order valence-electron chi connectivity index (χ4n) is 7.02. The Morgan fingerprint density at radius 3 is 1.24 bits per heavy atom. The maximum Gasteiger partial charge on any atom is 0.472 e. The maximum absolute atomic E-state index is 12.7. The summed E-state index contributed by atoms with van der Waals surface area (Å²) in [7, 11) is -4.39. The van der Waals surface area contributed by atoms with Crippen LogP contribution in [0.3, 0.4) is 0 Å². The van der Waals surface area contributed by atoms with Crippen LogP contribution in [-0.2, 0) is 32.7 Å². The first-order valence-electron chi connectivity index (χ1n) is 26.7. The molecule has 0 aromatic rings. The van der Waals surface area contributed by atoms with E-state index in [9.17, 15) is 19.0 Å². The highest BCUT2D eigenvalue weighted by Gasteiger charge is 2.26. The van der Waals surface area contributed by atoms with Gasteiger partial charge in [0.2, 0.25) is 0 Å². The van der Waals surface area contributed by atoms with Gasteiger partial charge in [-0.15, -0.1) is 0 Å². The fraction of sp³-hybridized carbons (Fsp3) is 0.684. The van der Waals surface area contributed by atoms with Crippen molar-refractivity contribution in [1.29, 1.82) is 0 Å². The van der Waals surface area contributed by atoms with E-state index in [1.165, 1.54) is 83.5 Å². The molecular weight excluding hydrogens is 858 g/mol. The van der Waals surface area contributed by atoms with Crippen LogP contribution in [0.25, 0.3) is 0 Å². The molecule has 0 fully saturated rings. The quantitative estimate of drug-likeness (QED) is 0.0264. The Morgan fingerprint density at radius 1 is 0.463 bits per heavy atom. The second-order valence-corrected chi connectivity index (χ2v) is 18.8. The van der Waals surface area contributed by atoms with Gasteiger partial charge >= 0.3 is 19.8 Å². The van der Waals surface area contributed by atoms with E-state index in [2.05, 4.69) is 111 Å². The Morgan fingerprint density at radius 2 is 0.821 bits per heavy atom. The molecule has 0 aliphatic heterocycles. The predicted molar refractivity (Wildman–Crippen MR) is 284 cm³/mol. The van der Waals surface area contributed by atoms with Crippen LogP contribution in [0.1, 0.15) is 219 Å². The van der Waals surface area contributed by atoms with E-state index in [0.717, 1.165) is 103 Å². The number of carbonyl (C=O) groups is 2. The summed E-state index contributed by atoms with van der Waals surface area (Å²) in [5.41, 5.74) is 5.37. The Kier molecular flexibility index (Phi) is 49.9. The third-order valence-electron chi connectivity index (χ3n) is 11.0. The number of nitrogens with two attached hydrogens (primary N) is 1. The summed E-state index contributed by atoms with van der Waals surface area (Å²) in [6.45, 7) is 3.60. The highest BCUT2D eigenvalue weighted by molar-refractivity contribution is 7.47. The van der Waals surface area contributed by atoms with Gasteiger partial charge in [0.1, 0.15) is 6.61 Å². The van der Waals surface area contributed by atoms with E-state index in [1.807, 2.05) is 0 Å². The summed E-state index contributed by atoms with van der Waals surface area (Å²) in [6, 6.07) is 0. The Bertz CT molecular complexity index is 1410. The Balaban J connectivity index is 4.08. The lowest BCUT2D eigenvalue weighted by Crippen LogP contribution is -2.29. The molecule has 0 aromatic heterocycles. The molecule has 0 aliphatic carbocycles. The molecule has 0 aromatic carbocycles. The van der Waals surface area contributed by atoms with Crippen molar-refractivity contribution in [3.63, 3.8) is 0 Å². The zero-order chi connectivity index (χ0) is 48.8. The average Bonchev–Trinajstić information content (AvgIpc) is 3.32. The second kappa shape index (κ2) is 52.3. The third kappa shape index (κ3) is 52.2. The number of carbonyl (C=O) groups excluding carboxylic acids is 2. The Hall–Kier alpha value is -3.07. The van der Waals surface area contributed by atoms with Gasteiger partial charge in [-0.2, -0.15) is 0 Å². The van der Waals surface area contributed by atoms with Gasteiger partial charge < -0.3 is 20.1 Å². The largest absolute Gasteiger partial charge is 0.472 e. The molecular formula is C57H98NO8P. The van der Waals surface area contributed by atoms with E-state index in [-0.39, 0.29) is 32.6 Å². The number of esters is 2. The van der Waals surface area contributed by atoms with Gasteiger partial charge in [0.15, 0.2) is 6.10 Å². The monoisotopic (exact) mass is 956 g/mol. The van der Waals surface area contributed by atoms with Crippen LogP contribution in [0.5, 0.6) is 0 Å². The average molecular weight is 956 g/mol. The van der Waals surface area contributed by atoms with E-state index in [4.69, 9.17) is 24.3 Å². The molecule has 0 spiro atoms. The van der Waals surface area contributed by atoms with E-state index < -0.39 is 32.5 Å². The highest BCUT2D eigenvalue weighted by atomic mass is 31.2. The van der Waals surface area contributed by atoms with Crippen molar-refractivity contribution >= 4 is 19.8 Å². The molecule has 0 saturated carbocycles. The molecule has 2 unspecified atom stereocenters. The van der Waals surface area contributed by atoms with Gasteiger partial charge in [-0.3, -0.25) is 18.6 Å². The summed E-state index contributed by atoms with van der Waals surface area (Å²) in [6.07, 6.45) is 68.7. The molecule has 9 nitrogen and oxygen atoms in total. The first-order chi connectivity index (χ1) is 32.8. The van der Waals surface area contributed by atoms with Crippen molar-refractivity contribution in [3.8, 4) is 0 Å². The molecule has 3 N–H and O–H groups in total. The molecule has 2 atom stereocenters. The minimum absolute atomic E-state index is 0.0462. The zero-order valence-electron chi connectivity index (χ0n) is 42.6. The molecule has 0 saturated heterocycles. The number of rotatable bonds is 49. The minimum Gasteiger partial charge on any atom is -0.462 e. The first kappa shape index (κ1) is 63.9. The summed E-state index contributed by atoms with van der Waals surface area (Å²) < 4.78 is 32.9. The zero-order valence-corrected chi connectivity index (χ0v) is 43.5. The lowest BCUT2D eigenvalue weighted by molar-refractivity contribution is -0.161. The normalized spacial score (nSPS) is 13.9. The molecule has 10 heteroatoms. The number of phosphoric acid groups is 1. The van der Waals surface area contributed by atoms with Crippen LogP contribution >= 0.6 is 7.82 Å². The van der Waals surface area contributed by atoms with Crippen molar-refractivity contribution in [2.45, 2.75) is 225 Å². The van der Waals surface area contributed by atoms with Crippen molar-refractivity contribution < 1.29 is 37.6 Å². The molecule has 67 heavy (non-hydrogen) atoms. The van der Waals surface area contributed by atoms with Crippen LogP contribution in [0.4, 0.5) is 0 Å². The SMILES string of the molecule is CC/C=C\C/C=C\C/C=C\C/C=C\C/C=C\C/C=C\C/C=C\CCCCCCCCCC(=O)OC(COC(=O)CCCCCCCCC/C=C\CCCCCCCC)COP(=O)(O)OCCN. The highest BCUT2D eigenvalue weighted by Crippen LogP contribution is 2.43. The smallest absolute Gasteiger partial charge is 0.462 e. The number of unbranched alkanes of at least 4 members (excludes halogenated alkanes) is 20. The van der Waals surface area contributed by atoms with E-state index >= 15 is 0 Å². The molecule has 0 heterocycles. The second-order valence-electron chi connectivity index (χ2n) is 17.4. The van der Waals surface area contributed by atoms with Gasteiger partial charge in [0.25, 0.3) is 0 Å². The van der Waals surface area contributed by atoms with E-state index in [1.54, 1.807) is 0 Å². The molecule has 0 aliphatic rings. The van der Waals surface area contributed by atoms with Crippen molar-refractivity contribution in [1.82, 2.24) is 0 Å². The van der Waals surface area contributed by atoms with Crippen LogP contribution in [-0.4, -0.2) is 49.3 Å². The van der Waals surface area contributed by atoms with Crippen LogP contribution < -0.4 is 5.73 Å². The number of ether oxygens (including phenoxy) is 2. The predicted octanol–water partition coefficient (Wildman–Crippen LogP) is 16.5. The van der Waals surface area contributed by atoms with Crippen LogP contribution in [0.15, 0.2) is 97.2 Å². The summed E-state index contributed by atoms with van der Waals surface area (Å²) in [4.78, 5) is 35.1. The summed E-state index contributed by atoms with van der Waals surface area (Å²) >= 11 is 0. The maximum atomic E-state index is 12.7. The van der Waals surface area contributed by atoms with Crippen LogP contribution in [0.2, 0.25) is 0 Å². The van der Waals surface area contributed by atoms with Gasteiger partial charge in [0, 0.05) is 19.4 Å². The number of allylic oxidation sites excluding steroid dienone is 16. The fourth-order valence-corrected chi connectivity index (χ4v) is 7.79. The van der Waals surface area contributed by atoms with Gasteiger partial charge in [-0.05, 0) is 96.3 Å². The van der Waals surface area contributed by atoms with Gasteiger partial charge in [0.05, 0.1) is 13.2 Å². The lowest BCUT2D eigenvalue weighted by Gasteiger charge is -2.19. The minimum atomic E-state index is -4.39. The number of hydrogen-bond acceptors (Lipinski definition) is 8. The molecule has 384 valence electrons. The lowest BCUT2D eigenvalue weighted by atomic mass is 10.1. The first-order valence-corrected chi connectivity index (χ1v) is 28.2. The van der Waals surface area contributed by atoms with Crippen molar-refractivity contribution in [2.75, 3.05) is 26.4 Å². The van der Waals surface area contributed by atoms with Gasteiger partial charge in [-0.1, -0.05) is 207 Å². The summed E-state index contributed by atoms with van der Waals surface area (Å²) in [5, 5.41) is 0. The van der Waals surface area contributed by atoms with Crippen molar-refractivity contribution in [3.05, 3.63) is 97.2 Å². The van der Waals surface area contributed by atoms with E-state index in [0.29, 0.717) is 6.42 Å². The number of hydrogen-bond donors (Lipinski definition) is 2. The Labute approximate surface area is 410 Å². The number of phosphoric ester groups is 1.